The lowest BCUT2D eigenvalue weighted by molar-refractivity contribution is 0.0963. The number of thiazole rings is 1. The summed E-state index contributed by atoms with van der Waals surface area (Å²) in [7, 11) is 0. The number of carbonyl (C=O) groups is 1. The van der Waals surface area contributed by atoms with Gasteiger partial charge in [-0.05, 0) is 12.8 Å². The van der Waals surface area contributed by atoms with Gasteiger partial charge in [0.1, 0.15) is 10.7 Å². The van der Waals surface area contributed by atoms with E-state index in [1.807, 2.05) is 0 Å². The fourth-order valence-electron chi connectivity index (χ4n) is 1.15. The summed E-state index contributed by atoms with van der Waals surface area (Å²) >= 11 is 1.26. The van der Waals surface area contributed by atoms with Gasteiger partial charge < -0.3 is 16.4 Å². The van der Waals surface area contributed by atoms with Crippen molar-refractivity contribution in [2.75, 3.05) is 24.1 Å². The number of rotatable bonds is 5. The highest BCUT2D eigenvalue weighted by Crippen LogP contribution is 2.24. The molecule has 0 spiro atoms. The van der Waals surface area contributed by atoms with Crippen LogP contribution in [0.4, 0.5) is 10.9 Å². The van der Waals surface area contributed by atoms with Gasteiger partial charge in [0.05, 0.1) is 6.54 Å². The Hall–Kier alpha value is -1.74. The molecule has 0 bridgehead atoms. The van der Waals surface area contributed by atoms with E-state index < -0.39 is 0 Å². The van der Waals surface area contributed by atoms with Crippen molar-refractivity contribution < 1.29 is 4.79 Å². The van der Waals surface area contributed by atoms with Gasteiger partial charge in [-0.2, -0.15) is 0 Å². The van der Waals surface area contributed by atoms with Gasteiger partial charge >= 0.3 is 0 Å². The number of carbonyl (C=O) groups excluding carboxylic acids is 1. The summed E-state index contributed by atoms with van der Waals surface area (Å²) in [6.45, 7) is 7.04. The molecule has 5 nitrogen and oxygen atoms in total. The molecule has 1 aromatic heterocycles. The van der Waals surface area contributed by atoms with Crippen molar-refractivity contribution in [1.82, 2.24) is 10.3 Å². The maximum Gasteiger partial charge on any atom is 0.266 e. The molecule has 4 N–H and O–H groups in total. The molecule has 0 aliphatic rings. The third-order valence-electron chi connectivity index (χ3n) is 2.04. The van der Waals surface area contributed by atoms with Crippen LogP contribution in [0.25, 0.3) is 0 Å². The van der Waals surface area contributed by atoms with E-state index in [2.05, 4.69) is 41.3 Å². The Balaban J connectivity index is 2.64. The number of nitrogens with two attached hydrogens (primary N) is 1. The van der Waals surface area contributed by atoms with Gasteiger partial charge in [0.15, 0.2) is 5.13 Å². The molecule has 18 heavy (non-hydrogen) atoms. The average Bonchev–Trinajstić information content (AvgIpc) is 2.68. The summed E-state index contributed by atoms with van der Waals surface area (Å²) in [5, 5.41) is 6.49. The summed E-state index contributed by atoms with van der Waals surface area (Å²) in [5.41, 5.74) is 5.72. The van der Waals surface area contributed by atoms with Crippen molar-refractivity contribution in [3.05, 3.63) is 4.88 Å². The van der Waals surface area contributed by atoms with Crippen molar-refractivity contribution in [2.45, 2.75) is 20.8 Å². The Labute approximate surface area is 111 Å². The van der Waals surface area contributed by atoms with Crippen molar-refractivity contribution in [1.29, 1.82) is 0 Å². The van der Waals surface area contributed by atoms with Crippen LogP contribution in [0.15, 0.2) is 0 Å². The molecule has 0 aromatic carbocycles. The van der Waals surface area contributed by atoms with Crippen molar-refractivity contribution in [3.63, 3.8) is 0 Å². The second-order valence-corrected chi connectivity index (χ2v) is 5.12. The minimum absolute atomic E-state index is 0.231. The summed E-state index contributed by atoms with van der Waals surface area (Å²) in [5.74, 6) is 6.00. The first kappa shape index (κ1) is 14.3. The Morgan fingerprint density at radius 2 is 2.28 bits per heavy atom. The van der Waals surface area contributed by atoms with Gasteiger partial charge in [0.25, 0.3) is 5.91 Å². The number of anilines is 2. The molecule has 0 aliphatic heterocycles. The molecule has 0 aliphatic carbocycles. The molecule has 1 amide bonds. The third kappa shape index (κ3) is 4.26. The molecule has 0 fully saturated rings. The fraction of sp³-hybridized carbons (Fsp3) is 0.500. The van der Waals surface area contributed by atoms with Crippen LogP contribution in [-0.4, -0.2) is 24.0 Å². The molecule has 6 heteroatoms. The molecule has 1 heterocycles. The van der Waals surface area contributed by atoms with Crippen molar-refractivity contribution in [2.24, 2.45) is 5.92 Å². The zero-order valence-electron chi connectivity index (χ0n) is 10.8. The highest BCUT2D eigenvalue weighted by atomic mass is 32.1. The molecule has 98 valence electrons. The second-order valence-electron chi connectivity index (χ2n) is 4.12. The Bertz CT molecular complexity index is 470. The summed E-state index contributed by atoms with van der Waals surface area (Å²) in [6, 6.07) is 0. The van der Waals surface area contributed by atoms with E-state index in [0.29, 0.717) is 22.5 Å². The zero-order valence-corrected chi connectivity index (χ0v) is 11.6. The van der Waals surface area contributed by atoms with Gasteiger partial charge in [-0.25, -0.2) is 4.98 Å². The second kappa shape index (κ2) is 6.87. The lowest BCUT2D eigenvalue weighted by atomic mass is 10.2. The smallest absolute Gasteiger partial charge is 0.266 e. The van der Waals surface area contributed by atoms with E-state index in [-0.39, 0.29) is 11.7 Å². The Morgan fingerprint density at radius 3 is 2.89 bits per heavy atom. The van der Waals surface area contributed by atoms with Crippen molar-refractivity contribution in [3.8, 4) is 11.8 Å². The Morgan fingerprint density at radius 1 is 1.56 bits per heavy atom. The van der Waals surface area contributed by atoms with E-state index in [1.165, 1.54) is 11.3 Å². The largest absolute Gasteiger partial charge is 0.382 e. The van der Waals surface area contributed by atoms with Crippen molar-refractivity contribution >= 4 is 28.2 Å². The Kier molecular flexibility index (Phi) is 5.46. The van der Waals surface area contributed by atoms with Gasteiger partial charge in [0.2, 0.25) is 0 Å². The average molecular weight is 266 g/mol. The molecule has 0 unspecified atom stereocenters. The van der Waals surface area contributed by atoms with Crippen LogP contribution >= 0.6 is 11.3 Å². The minimum atomic E-state index is -0.231. The maximum absolute atomic E-state index is 11.8. The molecular weight excluding hydrogens is 248 g/mol. The minimum Gasteiger partial charge on any atom is -0.382 e. The number of nitrogen functional groups attached to an aromatic ring is 1. The van der Waals surface area contributed by atoms with E-state index >= 15 is 0 Å². The highest BCUT2D eigenvalue weighted by Gasteiger charge is 2.15. The van der Waals surface area contributed by atoms with Crippen LogP contribution in [0.5, 0.6) is 0 Å². The predicted molar refractivity (Wildman–Crippen MR) is 75.6 cm³/mol. The zero-order chi connectivity index (χ0) is 13.5. The summed E-state index contributed by atoms with van der Waals surface area (Å²) in [4.78, 5) is 16.3. The van der Waals surface area contributed by atoms with Crippen LogP contribution in [0.1, 0.15) is 30.4 Å². The monoisotopic (exact) mass is 266 g/mol. The predicted octanol–water partition coefficient (Wildman–Crippen LogP) is 1.55. The number of aromatic nitrogens is 1. The van der Waals surface area contributed by atoms with Crippen LogP contribution in [-0.2, 0) is 0 Å². The third-order valence-corrected chi connectivity index (χ3v) is 3.06. The number of nitrogens with one attached hydrogen (secondary N) is 2. The number of amides is 1. The lowest BCUT2D eigenvalue weighted by Crippen LogP contribution is -2.23. The van der Waals surface area contributed by atoms with E-state index in [4.69, 9.17) is 5.73 Å². The molecule has 0 radical (unpaired) electrons. The van der Waals surface area contributed by atoms with Crippen LogP contribution < -0.4 is 16.4 Å². The number of hydrogen-bond donors (Lipinski definition) is 3. The molecule has 0 saturated heterocycles. The van der Waals surface area contributed by atoms with Crippen LogP contribution in [0.3, 0.4) is 0 Å². The topological polar surface area (TPSA) is 80.0 Å². The first-order chi connectivity index (χ1) is 8.54. The normalized spacial score (nSPS) is 9.78. The van der Waals surface area contributed by atoms with Gasteiger partial charge in [0, 0.05) is 6.54 Å². The van der Waals surface area contributed by atoms with Gasteiger partial charge in [-0.15, -0.1) is 5.92 Å². The van der Waals surface area contributed by atoms with Crippen LogP contribution in [0.2, 0.25) is 0 Å². The standard InChI is InChI=1S/C12H18N4OS/c1-4-5-6-14-11(17)9-10(13)16-12(18-9)15-7-8(2)3/h8H,6-7,13H2,1-3H3,(H,14,17)(H,15,16). The van der Waals surface area contributed by atoms with Gasteiger partial charge in [-0.1, -0.05) is 31.1 Å². The summed E-state index contributed by atoms with van der Waals surface area (Å²) in [6.07, 6.45) is 0. The van der Waals surface area contributed by atoms with Gasteiger partial charge in [-0.3, -0.25) is 4.79 Å². The molecule has 1 rings (SSSR count). The molecule has 0 atom stereocenters. The first-order valence-electron chi connectivity index (χ1n) is 5.72. The molecular formula is C12H18N4OS. The number of nitrogens with zero attached hydrogens (tertiary/aromatic N) is 1. The summed E-state index contributed by atoms with van der Waals surface area (Å²) < 4.78 is 0. The van der Waals surface area contributed by atoms with Crippen LogP contribution in [0, 0.1) is 17.8 Å². The van der Waals surface area contributed by atoms with E-state index in [9.17, 15) is 4.79 Å². The first-order valence-corrected chi connectivity index (χ1v) is 6.54. The van der Waals surface area contributed by atoms with E-state index in [1.54, 1.807) is 6.92 Å². The molecule has 1 aromatic rings. The quantitative estimate of drug-likeness (QED) is 0.706. The lowest BCUT2D eigenvalue weighted by Gasteiger charge is -2.04. The highest BCUT2D eigenvalue weighted by molar-refractivity contribution is 7.18. The maximum atomic E-state index is 11.8. The molecule has 0 saturated carbocycles. The van der Waals surface area contributed by atoms with E-state index in [0.717, 1.165) is 6.54 Å². The fourth-order valence-corrected chi connectivity index (χ4v) is 1.96. The number of hydrogen-bond acceptors (Lipinski definition) is 5. The SMILES string of the molecule is CC#CCNC(=O)c1sc(NCC(C)C)nc1N.